The summed E-state index contributed by atoms with van der Waals surface area (Å²) >= 11 is 0. The molecule has 0 aromatic heterocycles. The van der Waals surface area contributed by atoms with Crippen LogP contribution in [0.15, 0.2) is 24.3 Å². The van der Waals surface area contributed by atoms with Crippen molar-refractivity contribution in [2.45, 2.75) is 51.6 Å². The maximum atomic E-state index is 6.07. The normalized spacial score (nSPS) is 20.5. The van der Waals surface area contributed by atoms with Gasteiger partial charge in [-0.1, -0.05) is 26.0 Å². The van der Waals surface area contributed by atoms with Crippen LogP contribution in [0.5, 0.6) is 5.75 Å². The van der Waals surface area contributed by atoms with Crippen molar-refractivity contribution in [2.24, 2.45) is 11.1 Å². The lowest BCUT2D eigenvalue weighted by Crippen LogP contribution is -2.41. The Bertz CT molecular complexity index is 448. The Balaban J connectivity index is 2.09. The molecule has 1 aliphatic rings. The van der Waals surface area contributed by atoms with Gasteiger partial charge in [-0.05, 0) is 55.8 Å². The number of likely N-dealkylation sites (N-methyl/N-ethyl adjacent to an activating group) is 1. The molecule has 1 saturated carbocycles. The molecule has 0 aliphatic heterocycles. The molecule has 0 radical (unpaired) electrons. The first-order valence-electron chi connectivity index (χ1n) is 8.03. The van der Waals surface area contributed by atoms with Crippen molar-refractivity contribution in [3.8, 4) is 5.75 Å². The van der Waals surface area contributed by atoms with Crippen molar-refractivity contribution in [3.63, 3.8) is 0 Å². The van der Waals surface area contributed by atoms with E-state index in [4.69, 9.17) is 10.5 Å². The van der Waals surface area contributed by atoms with E-state index in [1.54, 1.807) is 7.11 Å². The first-order chi connectivity index (χ1) is 9.96. The molecule has 0 saturated heterocycles. The number of benzene rings is 1. The molecule has 118 valence electrons. The van der Waals surface area contributed by atoms with Gasteiger partial charge in [-0.25, -0.2) is 0 Å². The molecule has 21 heavy (non-hydrogen) atoms. The summed E-state index contributed by atoms with van der Waals surface area (Å²) in [6.07, 6.45) is 5.14. The Kier molecular flexibility index (Phi) is 5.28. The van der Waals surface area contributed by atoms with E-state index in [0.29, 0.717) is 18.0 Å². The molecule has 1 aromatic carbocycles. The predicted molar refractivity (Wildman–Crippen MR) is 88.6 cm³/mol. The van der Waals surface area contributed by atoms with Gasteiger partial charge in [0.25, 0.3) is 0 Å². The zero-order valence-electron chi connectivity index (χ0n) is 13.9. The minimum Gasteiger partial charge on any atom is -0.497 e. The highest BCUT2D eigenvalue weighted by atomic mass is 16.5. The summed E-state index contributed by atoms with van der Waals surface area (Å²) in [5, 5.41) is 0. The standard InChI is InChI=1S/C18H30N2O/c1-18(2)10-8-15(9-11-18)20(3)17(13-19)14-6-5-7-16(12-14)21-4/h5-7,12,15,17H,8-11,13,19H2,1-4H3. The van der Waals surface area contributed by atoms with Gasteiger partial charge in [0.15, 0.2) is 0 Å². The monoisotopic (exact) mass is 290 g/mol. The minimum atomic E-state index is 0.270. The second-order valence-electron chi connectivity index (χ2n) is 7.09. The highest BCUT2D eigenvalue weighted by molar-refractivity contribution is 5.30. The van der Waals surface area contributed by atoms with E-state index in [9.17, 15) is 0 Å². The van der Waals surface area contributed by atoms with Gasteiger partial charge in [-0.15, -0.1) is 0 Å². The average molecular weight is 290 g/mol. The molecular weight excluding hydrogens is 260 g/mol. The third-order valence-electron chi connectivity index (χ3n) is 5.08. The van der Waals surface area contributed by atoms with Gasteiger partial charge in [0.2, 0.25) is 0 Å². The maximum absolute atomic E-state index is 6.07. The van der Waals surface area contributed by atoms with Gasteiger partial charge in [0.05, 0.1) is 7.11 Å². The van der Waals surface area contributed by atoms with Gasteiger partial charge in [0, 0.05) is 18.6 Å². The minimum absolute atomic E-state index is 0.270. The zero-order chi connectivity index (χ0) is 15.5. The Labute approximate surface area is 129 Å². The Hall–Kier alpha value is -1.06. The van der Waals surface area contributed by atoms with Crippen LogP contribution in [0.2, 0.25) is 0 Å². The molecule has 3 nitrogen and oxygen atoms in total. The van der Waals surface area contributed by atoms with Crippen molar-refractivity contribution in [1.82, 2.24) is 4.90 Å². The highest BCUT2D eigenvalue weighted by Gasteiger charge is 2.31. The third kappa shape index (κ3) is 3.98. The van der Waals surface area contributed by atoms with Gasteiger partial charge in [-0.3, -0.25) is 4.90 Å². The Morgan fingerprint density at radius 2 is 2.00 bits per heavy atom. The summed E-state index contributed by atoms with van der Waals surface area (Å²) in [7, 11) is 3.93. The molecule has 2 N–H and O–H groups in total. The molecule has 0 amide bonds. The summed E-state index contributed by atoms with van der Waals surface area (Å²) < 4.78 is 5.34. The zero-order valence-corrected chi connectivity index (χ0v) is 13.9. The van der Waals surface area contributed by atoms with Crippen molar-refractivity contribution >= 4 is 0 Å². The lowest BCUT2D eigenvalue weighted by molar-refractivity contribution is 0.0966. The number of methoxy groups -OCH3 is 1. The number of nitrogens with zero attached hydrogens (tertiary/aromatic N) is 1. The van der Waals surface area contributed by atoms with E-state index in [2.05, 4.69) is 44.0 Å². The molecule has 0 spiro atoms. The van der Waals surface area contributed by atoms with Crippen LogP contribution in [0.4, 0.5) is 0 Å². The van der Waals surface area contributed by atoms with E-state index in [-0.39, 0.29) is 6.04 Å². The van der Waals surface area contributed by atoms with E-state index in [1.807, 2.05) is 6.07 Å². The van der Waals surface area contributed by atoms with Gasteiger partial charge in [-0.2, -0.15) is 0 Å². The maximum Gasteiger partial charge on any atom is 0.119 e. The predicted octanol–water partition coefficient (Wildman–Crippen LogP) is 3.60. The van der Waals surface area contributed by atoms with E-state index in [1.165, 1.54) is 31.2 Å². The lowest BCUT2D eigenvalue weighted by Gasteiger charge is -2.41. The van der Waals surface area contributed by atoms with Gasteiger partial charge < -0.3 is 10.5 Å². The fraction of sp³-hybridized carbons (Fsp3) is 0.667. The average Bonchev–Trinajstić information content (AvgIpc) is 2.48. The summed E-state index contributed by atoms with van der Waals surface area (Å²) in [5.41, 5.74) is 7.83. The number of hydrogen-bond acceptors (Lipinski definition) is 3. The van der Waals surface area contributed by atoms with Crippen LogP contribution >= 0.6 is 0 Å². The summed E-state index contributed by atoms with van der Waals surface area (Å²) in [6.45, 7) is 5.40. The third-order valence-corrected chi connectivity index (χ3v) is 5.08. The smallest absolute Gasteiger partial charge is 0.119 e. The first kappa shape index (κ1) is 16.3. The van der Waals surface area contributed by atoms with Crippen molar-refractivity contribution in [1.29, 1.82) is 0 Å². The van der Waals surface area contributed by atoms with E-state index >= 15 is 0 Å². The quantitative estimate of drug-likeness (QED) is 0.900. The number of ether oxygens (including phenoxy) is 1. The second-order valence-corrected chi connectivity index (χ2v) is 7.09. The van der Waals surface area contributed by atoms with Crippen LogP contribution in [-0.2, 0) is 0 Å². The van der Waals surface area contributed by atoms with Crippen molar-refractivity contribution in [2.75, 3.05) is 20.7 Å². The van der Waals surface area contributed by atoms with Crippen LogP contribution in [0.3, 0.4) is 0 Å². The Morgan fingerprint density at radius 1 is 1.33 bits per heavy atom. The van der Waals surface area contributed by atoms with Crippen molar-refractivity contribution < 1.29 is 4.74 Å². The molecule has 1 unspecified atom stereocenters. The van der Waals surface area contributed by atoms with Crippen LogP contribution in [0.25, 0.3) is 0 Å². The van der Waals surface area contributed by atoms with Crippen LogP contribution < -0.4 is 10.5 Å². The topological polar surface area (TPSA) is 38.5 Å². The highest BCUT2D eigenvalue weighted by Crippen LogP contribution is 2.38. The first-order valence-corrected chi connectivity index (χ1v) is 8.03. The molecule has 1 atom stereocenters. The fourth-order valence-corrected chi connectivity index (χ4v) is 3.43. The molecule has 1 fully saturated rings. The Morgan fingerprint density at radius 3 is 2.57 bits per heavy atom. The molecule has 1 aromatic rings. The van der Waals surface area contributed by atoms with Crippen LogP contribution in [-0.4, -0.2) is 31.6 Å². The molecular formula is C18H30N2O. The van der Waals surface area contributed by atoms with Gasteiger partial charge >= 0.3 is 0 Å². The summed E-state index contributed by atoms with van der Waals surface area (Å²) in [6, 6.07) is 9.21. The summed E-state index contributed by atoms with van der Waals surface area (Å²) in [4.78, 5) is 2.48. The fourth-order valence-electron chi connectivity index (χ4n) is 3.43. The van der Waals surface area contributed by atoms with Crippen molar-refractivity contribution in [3.05, 3.63) is 29.8 Å². The molecule has 1 aliphatic carbocycles. The number of rotatable bonds is 5. The second kappa shape index (κ2) is 6.80. The van der Waals surface area contributed by atoms with Crippen LogP contribution in [0, 0.1) is 5.41 Å². The molecule has 0 bridgehead atoms. The van der Waals surface area contributed by atoms with Crippen LogP contribution in [0.1, 0.15) is 51.1 Å². The molecule has 0 heterocycles. The van der Waals surface area contributed by atoms with E-state index < -0.39 is 0 Å². The lowest BCUT2D eigenvalue weighted by atomic mass is 9.75. The largest absolute Gasteiger partial charge is 0.497 e. The summed E-state index contributed by atoms with van der Waals surface area (Å²) in [5.74, 6) is 0.907. The molecule has 3 heteroatoms. The molecule has 2 rings (SSSR count). The van der Waals surface area contributed by atoms with E-state index in [0.717, 1.165) is 5.75 Å². The van der Waals surface area contributed by atoms with Gasteiger partial charge in [0.1, 0.15) is 5.75 Å². The number of nitrogens with two attached hydrogens (primary N) is 1. The SMILES string of the molecule is COc1cccc(C(CN)N(C)C2CCC(C)(C)CC2)c1. The number of hydrogen-bond donors (Lipinski definition) is 1.